The van der Waals surface area contributed by atoms with Gasteiger partial charge in [-0.25, -0.2) is 4.68 Å². The molecule has 104 valence electrons. The van der Waals surface area contributed by atoms with Gasteiger partial charge >= 0.3 is 0 Å². The van der Waals surface area contributed by atoms with Crippen molar-refractivity contribution in [3.05, 3.63) is 42.7 Å². The van der Waals surface area contributed by atoms with E-state index in [-0.39, 0.29) is 5.91 Å². The number of nitrogens with zero attached hydrogens (tertiary/aromatic N) is 2. The molecule has 6 heteroatoms. The molecular formula is C14H13Cl2N3O. The Morgan fingerprint density at radius 2 is 2.05 bits per heavy atom. The number of rotatable bonds is 3. The second-order valence-electron chi connectivity index (χ2n) is 5.14. The van der Waals surface area contributed by atoms with Gasteiger partial charge in [-0.2, -0.15) is 5.10 Å². The summed E-state index contributed by atoms with van der Waals surface area (Å²) in [5.74, 6) is -0.179. The van der Waals surface area contributed by atoms with E-state index in [2.05, 4.69) is 10.4 Å². The average molecular weight is 310 g/mol. The normalized spacial score (nSPS) is 23.4. The van der Waals surface area contributed by atoms with Crippen LogP contribution >= 0.6 is 23.2 Å². The minimum absolute atomic E-state index is 0.179. The number of alkyl halides is 2. The zero-order valence-electron chi connectivity index (χ0n) is 10.8. The number of carbonyl (C=O) groups is 1. The van der Waals surface area contributed by atoms with Crippen molar-refractivity contribution in [2.75, 3.05) is 5.32 Å². The zero-order chi connectivity index (χ0) is 14.4. The number of para-hydroxylation sites is 2. The number of hydrogen-bond acceptors (Lipinski definition) is 2. The predicted octanol–water partition coefficient (Wildman–Crippen LogP) is 3.39. The molecule has 0 unspecified atom stereocenters. The first-order chi connectivity index (χ1) is 9.44. The third-order valence-corrected chi connectivity index (χ3v) is 4.76. The number of aromatic nitrogens is 2. The summed E-state index contributed by atoms with van der Waals surface area (Å²) >= 11 is 12.1. The summed E-state index contributed by atoms with van der Waals surface area (Å²) in [7, 11) is 0. The molecule has 1 atom stereocenters. The molecule has 1 amide bonds. The molecule has 1 N–H and O–H groups in total. The lowest BCUT2D eigenvalue weighted by atomic mass is 10.1. The van der Waals surface area contributed by atoms with Crippen molar-refractivity contribution in [2.24, 2.45) is 5.41 Å². The highest BCUT2D eigenvalue weighted by Gasteiger charge is 2.67. The molecule has 1 aromatic heterocycles. The van der Waals surface area contributed by atoms with E-state index in [9.17, 15) is 4.79 Å². The summed E-state index contributed by atoms with van der Waals surface area (Å²) in [4.78, 5) is 12.3. The van der Waals surface area contributed by atoms with Crippen molar-refractivity contribution < 1.29 is 4.79 Å². The summed E-state index contributed by atoms with van der Waals surface area (Å²) in [5.41, 5.74) is 0.733. The Hall–Kier alpha value is -1.52. The van der Waals surface area contributed by atoms with Crippen molar-refractivity contribution in [2.45, 2.75) is 17.7 Å². The fourth-order valence-corrected chi connectivity index (χ4v) is 2.80. The lowest BCUT2D eigenvalue weighted by Gasteiger charge is -2.15. The molecule has 0 bridgehead atoms. The van der Waals surface area contributed by atoms with E-state index in [1.54, 1.807) is 17.8 Å². The highest BCUT2D eigenvalue weighted by molar-refractivity contribution is 6.53. The number of carbonyl (C=O) groups excluding carboxylic acids is 1. The number of halogens is 2. The molecule has 1 aliphatic rings. The Morgan fingerprint density at radius 1 is 1.35 bits per heavy atom. The van der Waals surface area contributed by atoms with Crippen molar-refractivity contribution in [1.29, 1.82) is 0 Å². The molecular weight excluding hydrogens is 297 g/mol. The van der Waals surface area contributed by atoms with Gasteiger partial charge in [-0.1, -0.05) is 12.1 Å². The van der Waals surface area contributed by atoms with Crippen LogP contribution in [0.5, 0.6) is 0 Å². The first kappa shape index (κ1) is 13.5. The number of nitrogens with one attached hydrogen (secondary N) is 1. The molecule has 0 radical (unpaired) electrons. The van der Waals surface area contributed by atoms with Crippen LogP contribution in [0.1, 0.15) is 13.3 Å². The van der Waals surface area contributed by atoms with Crippen LogP contribution in [0.3, 0.4) is 0 Å². The molecule has 1 fully saturated rings. The lowest BCUT2D eigenvalue weighted by Crippen LogP contribution is -2.26. The summed E-state index contributed by atoms with van der Waals surface area (Å²) in [6.45, 7) is 1.76. The molecule has 1 heterocycles. The van der Waals surface area contributed by atoms with Gasteiger partial charge in [0.05, 0.1) is 16.8 Å². The Kier molecular flexibility index (Phi) is 3.03. The monoisotopic (exact) mass is 309 g/mol. The van der Waals surface area contributed by atoms with Crippen LogP contribution in [-0.2, 0) is 4.79 Å². The van der Waals surface area contributed by atoms with Crippen LogP contribution < -0.4 is 5.32 Å². The Balaban J connectivity index is 1.88. The van der Waals surface area contributed by atoms with E-state index >= 15 is 0 Å². The predicted molar refractivity (Wildman–Crippen MR) is 79.4 cm³/mol. The van der Waals surface area contributed by atoms with Crippen LogP contribution in [0.4, 0.5) is 5.69 Å². The molecule has 2 aromatic rings. The van der Waals surface area contributed by atoms with Gasteiger partial charge in [-0.3, -0.25) is 4.79 Å². The average Bonchev–Trinajstić information content (AvgIpc) is 2.82. The maximum atomic E-state index is 12.3. The maximum absolute atomic E-state index is 12.3. The second-order valence-corrected chi connectivity index (χ2v) is 6.62. The van der Waals surface area contributed by atoms with Crippen LogP contribution in [0, 0.1) is 5.41 Å². The van der Waals surface area contributed by atoms with Gasteiger partial charge in [0.25, 0.3) is 0 Å². The second kappa shape index (κ2) is 4.50. The van der Waals surface area contributed by atoms with Crippen LogP contribution in [0.25, 0.3) is 5.69 Å². The topological polar surface area (TPSA) is 46.9 Å². The minimum Gasteiger partial charge on any atom is -0.324 e. The van der Waals surface area contributed by atoms with Crippen molar-refractivity contribution >= 4 is 34.8 Å². The fourth-order valence-electron chi connectivity index (χ4n) is 2.10. The molecule has 1 aromatic carbocycles. The van der Waals surface area contributed by atoms with Gasteiger partial charge in [-0.15, -0.1) is 23.2 Å². The van der Waals surface area contributed by atoms with Crippen LogP contribution in [0.2, 0.25) is 0 Å². The van der Waals surface area contributed by atoms with E-state index in [1.165, 1.54) is 0 Å². The summed E-state index contributed by atoms with van der Waals surface area (Å²) in [6.07, 6.45) is 3.96. The standard InChI is InChI=1S/C14H13Cl2N3O/c1-13(9-14(13,15)16)12(20)18-10-5-2-3-6-11(10)19-8-4-7-17-19/h2-8H,9H2,1H3,(H,18,20)/t13-/m0/s1. The van der Waals surface area contributed by atoms with Crippen molar-refractivity contribution in [3.63, 3.8) is 0 Å². The quantitative estimate of drug-likeness (QED) is 0.883. The Bertz CT molecular complexity index is 654. The number of hydrogen-bond donors (Lipinski definition) is 1. The van der Waals surface area contributed by atoms with Gasteiger partial charge in [0.2, 0.25) is 5.91 Å². The molecule has 0 spiro atoms. The first-order valence-corrected chi connectivity index (χ1v) is 6.98. The lowest BCUT2D eigenvalue weighted by molar-refractivity contribution is -0.120. The molecule has 4 nitrogen and oxygen atoms in total. The van der Waals surface area contributed by atoms with Crippen molar-refractivity contribution in [1.82, 2.24) is 9.78 Å². The van der Waals surface area contributed by atoms with Crippen LogP contribution in [-0.4, -0.2) is 20.0 Å². The molecule has 0 saturated heterocycles. The molecule has 0 aliphatic heterocycles. The van der Waals surface area contributed by atoms with E-state index in [0.717, 1.165) is 5.69 Å². The van der Waals surface area contributed by atoms with Gasteiger partial charge in [0, 0.05) is 12.4 Å². The van der Waals surface area contributed by atoms with E-state index in [0.29, 0.717) is 12.1 Å². The zero-order valence-corrected chi connectivity index (χ0v) is 12.3. The fraction of sp³-hybridized carbons (Fsp3) is 0.286. The maximum Gasteiger partial charge on any atom is 0.233 e. The van der Waals surface area contributed by atoms with Gasteiger partial charge < -0.3 is 5.32 Å². The van der Waals surface area contributed by atoms with E-state index < -0.39 is 9.75 Å². The summed E-state index contributed by atoms with van der Waals surface area (Å²) < 4.78 is 0.719. The Labute approximate surface area is 126 Å². The summed E-state index contributed by atoms with van der Waals surface area (Å²) in [6, 6.07) is 9.27. The molecule has 3 rings (SSSR count). The van der Waals surface area contributed by atoms with Gasteiger partial charge in [0.1, 0.15) is 4.33 Å². The Morgan fingerprint density at radius 3 is 2.65 bits per heavy atom. The molecule has 1 saturated carbocycles. The molecule has 20 heavy (non-hydrogen) atoms. The SMILES string of the molecule is C[C@@]1(C(=O)Nc2ccccc2-n2cccn2)CC1(Cl)Cl. The molecule has 1 aliphatic carbocycles. The number of amides is 1. The largest absolute Gasteiger partial charge is 0.324 e. The third-order valence-electron chi connectivity index (χ3n) is 3.66. The van der Waals surface area contributed by atoms with E-state index in [1.807, 2.05) is 36.5 Å². The third kappa shape index (κ3) is 2.09. The highest BCUT2D eigenvalue weighted by Crippen LogP contribution is 2.64. The highest BCUT2D eigenvalue weighted by atomic mass is 35.5. The van der Waals surface area contributed by atoms with Gasteiger partial charge in [0.15, 0.2) is 0 Å². The number of benzene rings is 1. The minimum atomic E-state index is -0.974. The summed E-state index contributed by atoms with van der Waals surface area (Å²) in [5, 5.41) is 7.06. The smallest absolute Gasteiger partial charge is 0.233 e. The first-order valence-electron chi connectivity index (χ1n) is 6.22. The van der Waals surface area contributed by atoms with Crippen LogP contribution in [0.15, 0.2) is 42.7 Å². The van der Waals surface area contributed by atoms with Crippen molar-refractivity contribution in [3.8, 4) is 5.69 Å². The number of anilines is 1. The van der Waals surface area contributed by atoms with Gasteiger partial charge in [-0.05, 0) is 31.5 Å². The van der Waals surface area contributed by atoms with E-state index in [4.69, 9.17) is 23.2 Å².